The second-order valence-electron chi connectivity index (χ2n) is 4.00. The van der Waals surface area contributed by atoms with Crippen molar-refractivity contribution < 1.29 is 9.84 Å². The van der Waals surface area contributed by atoms with Gasteiger partial charge in [0.25, 0.3) is 0 Å². The zero-order chi connectivity index (χ0) is 13.0. The zero-order valence-electron chi connectivity index (χ0n) is 10.1. The van der Waals surface area contributed by atoms with Crippen LogP contribution in [0.4, 0.5) is 0 Å². The molecule has 90 valence electrons. The minimum Gasteiger partial charge on any atom is -0.457 e. The highest BCUT2D eigenvalue weighted by atomic mass is 16.5. The van der Waals surface area contributed by atoms with E-state index in [1.165, 1.54) is 0 Å². The first kappa shape index (κ1) is 12.2. The number of aliphatic hydroxyl groups excluding tert-OH is 1. The number of ether oxygens (including phenoxy) is 1. The molecule has 0 unspecified atom stereocenters. The van der Waals surface area contributed by atoms with Crippen LogP contribution in [0.1, 0.15) is 16.7 Å². The third kappa shape index (κ3) is 2.68. The fourth-order valence-electron chi connectivity index (χ4n) is 1.68. The van der Waals surface area contributed by atoms with Crippen LogP contribution in [0.2, 0.25) is 0 Å². The molecule has 0 saturated heterocycles. The lowest BCUT2D eigenvalue weighted by Gasteiger charge is -2.09. The van der Waals surface area contributed by atoms with Crippen molar-refractivity contribution in [2.75, 3.05) is 0 Å². The Bertz CT molecular complexity index is 600. The van der Waals surface area contributed by atoms with Crippen LogP contribution in [0.15, 0.2) is 42.5 Å². The molecule has 0 aliphatic heterocycles. The second kappa shape index (κ2) is 5.35. The number of aryl methyl sites for hydroxylation is 1. The van der Waals surface area contributed by atoms with Gasteiger partial charge in [0, 0.05) is 0 Å². The van der Waals surface area contributed by atoms with E-state index in [4.69, 9.17) is 15.1 Å². The van der Waals surface area contributed by atoms with Crippen LogP contribution in [0, 0.1) is 18.3 Å². The lowest BCUT2D eigenvalue weighted by molar-refractivity contribution is 0.281. The van der Waals surface area contributed by atoms with Crippen molar-refractivity contribution >= 4 is 0 Å². The molecule has 2 aromatic rings. The molecule has 0 saturated carbocycles. The monoisotopic (exact) mass is 239 g/mol. The van der Waals surface area contributed by atoms with E-state index >= 15 is 0 Å². The van der Waals surface area contributed by atoms with Crippen molar-refractivity contribution in [1.82, 2.24) is 0 Å². The Morgan fingerprint density at radius 3 is 2.72 bits per heavy atom. The van der Waals surface area contributed by atoms with Crippen LogP contribution in [0.25, 0.3) is 0 Å². The smallest absolute Gasteiger partial charge is 0.130 e. The average Bonchev–Trinajstić information content (AvgIpc) is 2.41. The van der Waals surface area contributed by atoms with Gasteiger partial charge in [0.15, 0.2) is 0 Å². The molecule has 0 aliphatic rings. The van der Waals surface area contributed by atoms with Gasteiger partial charge in [0.1, 0.15) is 11.5 Å². The molecule has 0 amide bonds. The Hall–Kier alpha value is -2.31. The van der Waals surface area contributed by atoms with Gasteiger partial charge in [-0.2, -0.15) is 5.26 Å². The molecule has 1 N–H and O–H groups in total. The lowest BCUT2D eigenvalue weighted by Crippen LogP contribution is -1.90. The van der Waals surface area contributed by atoms with E-state index in [1.807, 2.05) is 25.1 Å². The molecule has 0 aliphatic carbocycles. The maximum atomic E-state index is 9.03. The molecule has 18 heavy (non-hydrogen) atoms. The van der Waals surface area contributed by atoms with Crippen LogP contribution < -0.4 is 4.74 Å². The fourth-order valence-corrected chi connectivity index (χ4v) is 1.68. The Labute approximate surface area is 106 Å². The first-order valence-electron chi connectivity index (χ1n) is 5.61. The molecule has 2 aromatic carbocycles. The highest BCUT2D eigenvalue weighted by Gasteiger charge is 2.03. The van der Waals surface area contributed by atoms with Crippen LogP contribution in [0.3, 0.4) is 0 Å². The fraction of sp³-hybridized carbons (Fsp3) is 0.133. The zero-order valence-corrected chi connectivity index (χ0v) is 10.1. The largest absolute Gasteiger partial charge is 0.457 e. The molecule has 0 radical (unpaired) electrons. The first-order chi connectivity index (χ1) is 8.72. The summed E-state index contributed by atoms with van der Waals surface area (Å²) in [5.74, 6) is 1.36. The predicted molar refractivity (Wildman–Crippen MR) is 68.3 cm³/mol. The third-order valence-corrected chi connectivity index (χ3v) is 2.61. The highest BCUT2D eigenvalue weighted by molar-refractivity contribution is 5.42. The van der Waals surface area contributed by atoms with Gasteiger partial charge in [-0.05, 0) is 42.3 Å². The van der Waals surface area contributed by atoms with Gasteiger partial charge in [0.05, 0.1) is 18.2 Å². The SMILES string of the molecule is Cc1cc(CO)ccc1Oc1cccc(C#N)c1. The van der Waals surface area contributed by atoms with Gasteiger partial charge in [0.2, 0.25) is 0 Å². The van der Waals surface area contributed by atoms with Gasteiger partial charge in [-0.25, -0.2) is 0 Å². The van der Waals surface area contributed by atoms with E-state index in [-0.39, 0.29) is 6.61 Å². The minimum atomic E-state index is 0.0189. The summed E-state index contributed by atoms with van der Waals surface area (Å²) in [5.41, 5.74) is 2.37. The van der Waals surface area contributed by atoms with Gasteiger partial charge < -0.3 is 9.84 Å². The predicted octanol–water partition coefficient (Wildman–Crippen LogP) is 3.15. The Morgan fingerprint density at radius 1 is 1.22 bits per heavy atom. The molecular formula is C15H13NO2. The topological polar surface area (TPSA) is 53.2 Å². The van der Waals surface area contributed by atoms with E-state index in [2.05, 4.69) is 6.07 Å². The van der Waals surface area contributed by atoms with E-state index in [0.29, 0.717) is 11.3 Å². The molecule has 0 aromatic heterocycles. The van der Waals surface area contributed by atoms with E-state index in [0.717, 1.165) is 16.9 Å². The quantitative estimate of drug-likeness (QED) is 0.895. The number of nitrogens with zero attached hydrogens (tertiary/aromatic N) is 1. The van der Waals surface area contributed by atoms with Gasteiger partial charge in [-0.1, -0.05) is 18.2 Å². The number of aliphatic hydroxyl groups is 1. The van der Waals surface area contributed by atoms with Gasteiger partial charge in [-0.15, -0.1) is 0 Å². The molecule has 2 rings (SSSR count). The molecule has 3 nitrogen and oxygen atoms in total. The summed E-state index contributed by atoms with van der Waals surface area (Å²) >= 11 is 0. The van der Waals surface area contributed by atoms with Crippen LogP contribution in [0.5, 0.6) is 11.5 Å². The standard InChI is InChI=1S/C15H13NO2/c1-11-7-13(10-17)5-6-15(11)18-14-4-2-3-12(8-14)9-16/h2-8,17H,10H2,1H3. The summed E-state index contributed by atoms with van der Waals surface area (Å²) in [6, 6.07) is 14.6. The molecule has 0 fully saturated rings. The van der Waals surface area contributed by atoms with E-state index in [9.17, 15) is 0 Å². The Balaban J connectivity index is 2.26. The van der Waals surface area contributed by atoms with Crippen LogP contribution in [-0.4, -0.2) is 5.11 Å². The number of benzene rings is 2. The Kier molecular flexibility index (Phi) is 3.61. The molecular weight excluding hydrogens is 226 g/mol. The number of hydrogen-bond acceptors (Lipinski definition) is 3. The molecule has 3 heteroatoms. The number of nitriles is 1. The summed E-state index contributed by atoms with van der Waals surface area (Å²) < 4.78 is 5.72. The van der Waals surface area contributed by atoms with E-state index in [1.54, 1.807) is 24.3 Å². The van der Waals surface area contributed by atoms with Crippen molar-refractivity contribution in [2.45, 2.75) is 13.5 Å². The molecule has 0 heterocycles. The normalized spacial score (nSPS) is 9.83. The Morgan fingerprint density at radius 2 is 2.06 bits per heavy atom. The minimum absolute atomic E-state index is 0.0189. The summed E-state index contributed by atoms with van der Waals surface area (Å²) in [4.78, 5) is 0. The summed E-state index contributed by atoms with van der Waals surface area (Å²) in [5, 5.41) is 17.9. The maximum absolute atomic E-state index is 9.03. The van der Waals surface area contributed by atoms with Crippen molar-refractivity contribution in [1.29, 1.82) is 5.26 Å². The summed E-state index contributed by atoms with van der Waals surface area (Å²) in [6.07, 6.45) is 0. The van der Waals surface area contributed by atoms with Crippen molar-refractivity contribution in [2.24, 2.45) is 0 Å². The van der Waals surface area contributed by atoms with Gasteiger partial charge >= 0.3 is 0 Å². The van der Waals surface area contributed by atoms with Crippen LogP contribution in [-0.2, 0) is 6.61 Å². The molecule has 0 bridgehead atoms. The van der Waals surface area contributed by atoms with Crippen molar-refractivity contribution in [3.05, 3.63) is 59.2 Å². The molecule has 0 atom stereocenters. The maximum Gasteiger partial charge on any atom is 0.130 e. The number of hydrogen-bond donors (Lipinski definition) is 1. The van der Waals surface area contributed by atoms with Gasteiger partial charge in [-0.3, -0.25) is 0 Å². The lowest BCUT2D eigenvalue weighted by atomic mass is 10.1. The molecule has 0 spiro atoms. The van der Waals surface area contributed by atoms with Crippen molar-refractivity contribution in [3.63, 3.8) is 0 Å². The summed E-state index contributed by atoms with van der Waals surface area (Å²) in [6.45, 7) is 1.94. The highest BCUT2D eigenvalue weighted by Crippen LogP contribution is 2.26. The number of rotatable bonds is 3. The average molecular weight is 239 g/mol. The third-order valence-electron chi connectivity index (χ3n) is 2.61. The summed E-state index contributed by atoms with van der Waals surface area (Å²) in [7, 11) is 0. The van der Waals surface area contributed by atoms with Crippen LogP contribution >= 0.6 is 0 Å². The van der Waals surface area contributed by atoms with E-state index < -0.39 is 0 Å². The first-order valence-corrected chi connectivity index (χ1v) is 5.61. The van der Waals surface area contributed by atoms with Crippen molar-refractivity contribution in [3.8, 4) is 17.6 Å². The second-order valence-corrected chi connectivity index (χ2v) is 4.00.